The van der Waals surface area contributed by atoms with E-state index in [1.165, 1.54) is 13.2 Å². The normalized spacial score (nSPS) is 17.2. The molecule has 1 heterocycles. The molecule has 0 aromatic heterocycles. The van der Waals surface area contributed by atoms with Crippen LogP contribution in [0, 0.1) is 11.3 Å². The molecule has 1 amide bonds. The van der Waals surface area contributed by atoms with Crippen LogP contribution in [0.15, 0.2) is 22.2 Å². The summed E-state index contributed by atoms with van der Waals surface area (Å²) in [6.45, 7) is 1.13. The number of methoxy groups -OCH3 is 2. The van der Waals surface area contributed by atoms with Gasteiger partial charge in [0, 0.05) is 17.6 Å². The first-order chi connectivity index (χ1) is 11.6. The molecule has 1 saturated heterocycles. The Morgan fingerprint density at radius 3 is 2.75 bits per heavy atom. The molecule has 0 aliphatic carbocycles. The number of rotatable bonds is 6. The van der Waals surface area contributed by atoms with E-state index < -0.39 is 5.91 Å². The van der Waals surface area contributed by atoms with Crippen LogP contribution >= 0.6 is 15.9 Å². The fraction of sp³-hybridized carbons (Fsp3) is 0.412. The molecule has 1 fully saturated rings. The van der Waals surface area contributed by atoms with Gasteiger partial charge >= 0.3 is 0 Å². The molecule has 1 aliphatic heterocycles. The van der Waals surface area contributed by atoms with Gasteiger partial charge in [-0.05, 0) is 36.6 Å². The Morgan fingerprint density at radius 2 is 2.17 bits per heavy atom. The quantitative estimate of drug-likeness (QED) is 0.592. The van der Waals surface area contributed by atoms with Crippen molar-refractivity contribution in [1.82, 2.24) is 5.32 Å². The first-order valence-corrected chi connectivity index (χ1v) is 8.31. The molecule has 7 heteroatoms. The molecule has 0 spiro atoms. The molecule has 1 aliphatic rings. The minimum Gasteiger partial charge on any atom is -0.493 e. The third kappa shape index (κ3) is 4.49. The van der Waals surface area contributed by atoms with Crippen LogP contribution in [0.4, 0.5) is 0 Å². The van der Waals surface area contributed by atoms with Crippen molar-refractivity contribution < 1.29 is 19.0 Å². The lowest BCUT2D eigenvalue weighted by Gasteiger charge is -2.11. The van der Waals surface area contributed by atoms with Gasteiger partial charge in [0.05, 0.1) is 20.3 Å². The van der Waals surface area contributed by atoms with E-state index in [2.05, 4.69) is 21.2 Å². The lowest BCUT2D eigenvalue weighted by atomic mass is 10.1. The van der Waals surface area contributed by atoms with Crippen LogP contribution in [0.3, 0.4) is 0 Å². The molecule has 1 atom stereocenters. The molecule has 1 aromatic rings. The van der Waals surface area contributed by atoms with Gasteiger partial charge in [-0.3, -0.25) is 4.79 Å². The van der Waals surface area contributed by atoms with Gasteiger partial charge < -0.3 is 19.5 Å². The number of halogens is 1. The fourth-order valence-corrected chi connectivity index (χ4v) is 2.83. The Kier molecular flexibility index (Phi) is 6.64. The molecule has 0 saturated carbocycles. The molecule has 6 nitrogen and oxygen atoms in total. The Hall–Kier alpha value is -2.04. The van der Waals surface area contributed by atoms with Crippen LogP contribution in [0.2, 0.25) is 0 Å². The highest BCUT2D eigenvalue weighted by Crippen LogP contribution is 2.34. The summed E-state index contributed by atoms with van der Waals surface area (Å²) in [5.41, 5.74) is 0.664. The first kappa shape index (κ1) is 18.3. The maximum Gasteiger partial charge on any atom is 0.262 e. The maximum absolute atomic E-state index is 12.2. The predicted octanol–water partition coefficient (Wildman–Crippen LogP) is 2.67. The molecular formula is C17H19BrN2O4. The summed E-state index contributed by atoms with van der Waals surface area (Å²) >= 11 is 3.41. The highest BCUT2D eigenvalue weighted by atomic mass is 79.9. The Labute approximate surface area is 149 Å². The van der Waals surface area contributed by atoms with E-state index in [-0.39, 0.29) is 11.7 Å². The molecule has 128 valence electrons. The molecule has 1 aromatic carbocycles. The van der Waals surface area contributed by atoms with E-state index in [4.69, 9.17) is 14.2 Å². The van der Waals surface area contributed by atoms with Gasteiger partial charge in [0.1, 0.15) is 11.6 Å². The minimum atomic E-state index is -0.422. The lowest BCUT2D eigenvalue weighted by Crippen LogP contribution is -2.32. The molecule has 0 radical (unpaired) electrons. The number of benzene rings is 1. The third-order valence-corrected chi connectivity index (χ3v) is 4.37. The number of nitrogens with one attached hydrogen (secondary N) is 1. The average Bonchev–Trinajstić information content (AvgIpc) is 3.11. The average molecular weight is 395 g/mol. The summed E-state index contributed by atoms with van der Waals surface area (Å²) in [5, 5.41) is 12.0. The van der Waals surface area contributed by atoms with Crippen LogP contribution < -0.4 is 14.8 Å². The van der Waals surface area contributed by atoms with Crippen LogP contribution in [0.5, 0.6) is 11.5 Å². The summed E-state index contributed by atoms with van der Waals surface area (Å²) in [4.78, 5) is 12.2. The molecule has 0 bridgehead atoms. The predicted molar refractivity (Wildman–Crippen MR) is 92.8 cm³/mol. The van der Waals surface area contributed by atoms with E-state index in [0.29, 0.717) is 28.1 Å². The topological polar surface area (TPSA) is 80.6 Å². The zero-order valence-electron chi connectivity index (χ0n) is 13.6. The number of hydrogen-bond donors (Lipinski definition) is 1. The number of amides is 1. The molecule has 1 unspecified atom stereocenters. The maximum atomic E-state index is 12.2. The SMILES string of the molecule is COc1cc(Br)c(C=C(C#N)C(=O)NCC2CCCO2)cc1OC. The monoisotopic (exact) mass is 394 g/mol. The standard InChI is InChI=1S/C17H19BrN2O4/c1-22-15-7-11(14(18)8-16(15)23-2)6-12(9-19)17(21)20-10-13-4-3-5-24-13/h6-8,13H,3-5,10H2,1-2H3,(H,20,21). The van der Waals surface area contributed by atoms with Crippen molar-refractivity contribution in [3.63, 3.8) is 0 Å². The van der Waals surface area contributed by atoms with E-state index in [0.717, 1.165) is 19.4 Å². The summed E-state index contributed by atoms with van der Waals surface area (Å²) < 4.78 is 16.6. The largest absolute Gasteiger partial charge is 0.493 e. The van der Waals surface area contributed by atoms with Crippen molar-refractivity contribution in [2.24, 2.45) is 0 Å². The first-order valence-electron chi connectivity index (χ1n) is 7.52. The van der Waals surface area contributed by atoms with Gasteiger partial charge in [-0.15, -0.1) is 0 Å². The number of nitrogens with zero attached hydrogens (tertiary/aromatic N) is 1. The van der Waals surface area contributed by atoms with Crippen LogP contribution in [-0.2, 0) is 9.53 Å². The molecular weight excluding hydrogens is 376 g/mol. The molecule has 1 N–H and O–H groups in total. The second kappa shape index (κ2) is 8.71. The van der Waals surface area contributed by atoms with Crippen molar-refractivity contribution in [2.45, 2.75) is 18.9 Å². The van der Waals surface area contributed by atoms with E-state index in [1.807, 2.05) is 6.07 Å². The summed E-state index contributed by atoms with van der Waals surface area (Å²) in [6, 6.07) is 5.36. The summed E-state index contributed by atoms with van der Waals surface area (Å²) in [7, 11) is 3.07. The van der Waals surface area contributed by atoms with Gasteiger partial charge in [0.25, 0.3) is 5.91 Å². The number of carbonyl (C=O) groups is 1. The molecule has 2 rings (SSSR count). The van der Waals surface area contributed by atoms with Gasteiger partial charge in [0.15, 0.2) is 11.5 Å². The van der Waals surface area contributed by atoms with Gasteiger partial charge in [-0.1, -0.05) is 15.9 Å². The van der Waals surface area contributed by atoms with Crippen molar-refractivity contribution in [3.05, 3.63) is 27.7 Å². The van der Waals surface area contributed by atoms with Crippen LogP contribution in [0.1, 0.15) is 18.4 Å². The van der Waals surface area contributed by atoms with Crippen LogP contribution in [-0.4, -0.2) is 39.4 Å². The van der Waals surface area contributed by atoms with Crippen molar-refractivity contribution in [1.29, 1.82) is 5.26 Å². The van der Waals surface area contributed by atoms with Crippen molar-refractivity contribution in [2.75, 3.05) is 27.4 Å². The minimum absolute atomic E-state index is 0.0147. The highest BCUT2D eigenvalue weighted by Gasteiger charge is 2.18. The van der Waals surface area contributed by atoms with E-state index >= 15 is 0 Å². The third-order valence-electron chi connectivity index (χ3n) is 3.68. The van der Waals surface area contributed by atoms with Crippen molar-refractivity contribution in [3.8, 4) is 17.6 Å². The Balaban J connectivity index is 2.16. The Bertz CT molecular complexity index is 676. The summed E-state index contributed by atoms with van der Waals surface area (Å²) in [5.74, 6) is 0.654. The van der Waals surface area contributed by atoms with Gasteiger partial charge in [-0.2, -0.15) is 5.26 Å². The number of ether oxygens (including phenoxy) is 3. The number of nitriles is 1. The van der Waals surface area contributed by atoms with Gasteiger partial charge in [-0.25, -0.2) is 0 Å². The van der Waals surface area contributed by atoms with E-state index in [1.54, 1.807) is 19.2 Å². The Morgan fingerprint density at radius 1 is 1.46 bits per heavy atom. The lowest BCUT2D eigenvalue weighted by molar-refractivity contribution is -0.117. The van der Waals surface area contributed by atoms with Crippen LogP contribution in [0.25, 0.3) is 6.08 Å². The zero-order valence-corrected chi connectivity index (χ0v) is 15.2. The second-order valence-electron chi connectivity index (χ2n) is 5.24. The van der Waals surface area contributed by atoms with Gasteiger partial charge in [0.2, 0.25) is 0 Å². The number of carbonyl (C=O) groups excluding carboxylic acids is 1. The highest BCUT2D eigenvalue weighted by molar-refractivity contribution is 9.10. The molecule has 24 heavy (non-hydrogen) atoms. The second-order valence-corrected chi connectivity index (χ2v) is 6.10. The fourth-order valence-electron chi connectivity index (χ4n) is 2.39. The van der Waals surface area contributed by atoms with E-state index in [9.17, 15) is 10.1 Å². The summed E-state index contributed by atoms with van der Waals surface area (Å²) in [6.07, 6.45) is 3.46. The number of hydrogen-bond acceptors (Lipinski definition) is 5. The smallest absolute Gasteiger partial charge is 0.262 e. The zero-order chi connectivity index (χ0) is 17.5. The van der Waals surface area contributed by atoms with Crippen molar-refractivity contribution >= 4 is 27.9 Å².